The number of nitrogens with zero attached hydrogens (tertiary/aromatic N) is 2. The standard InChI is InChI=1S/C10H5N3O3S/c14-8-9(15)13(10(16)12-8)5-1-2-6-7(3-5)17-4-11-6/h1-4H,(H,12,14,16). The lowest BCUT2D eigenvalue weighted by Gasteiger charge is -2.10. The number of aromatic nitrogens is 1. The van der Waals surface area contributed by atoms with Gasteiger partial charge in [0, 0.05) is 0 Å². The predicted molar refractivity (Wildman–Crippen MR) is 60.6 cm³/mol. The van der Waals surface area contributed by atoms with E-state index in [0.29, 0.717) is 5.69 Å². The normalized spacial score (nSPS) is 15.8. The molecule has 1 saturated heterocycles. The van der Waals surface area contributed by atoms with Gasteiger partial charge in [0.2, 0.25) is 0 Å². The van der Waals surface area contributed by atoms with Gasteiger partial charge in [-0.2, -0.15) is 0 Å². The van der Waals surface area contributed by atoms with E-state index in [1.165, 1.54) is 11.3 Å². The first kappa shape index (κ1) is 9.91. The summed E-state index contributed by atoms with van der Waals surface area (Å²) in [5, 5.41) is 1.94. The molecule has 3 rings (SSSR count). The van der Waals surface area contributed by atoms with Crippen molar-refractivity contribution in [1.29, 1.82) is 0 Å². The van der Waals surface area contributed by atoms with Gasteiger partial charge in [-0.25, -0.2) is 14.7 Å². The van der Waals surface area contributed by atoms with Crippen LogP contribution in [0.5, 0.6) is 0 Å². The molecular weight excluding hydrogens is 242 g/mol. The highest BCUT2D eigenvalue weighted by molar-refractivity contribution is 7.16. The molecule has 0 bridgehead atoms. The van der Waals surface area contributed by atoms with Crippen LogP contribution in [0.25, 0.3) is 10.2 Å². The Balaban J connectivity index is 2.11. The topological polar surface area (TPSA) is 79.4 Å². The lowest BCUT2D eigenvalue weighted by atomic mass is 10.3. The number of imide groups is 2. The Morgan fingerprint density at radius 3 is 2.76 bits per heavy atom. The van der Waals surface area contributed by atoms with E-state index in [0.717, 1.165) is 15.1 Å². The molecule has 84 valence electrons. The summed E-state index contributed by atoms with van der Waals surface area (Å²) in [7, 11) is 0. The summed E-state index contributed by atoms with van der Waals surface area (Å²) >= 11 is 1.40. The van der Waals surface area contributed by atoms with Crippen LogP contribution in [-0.2, 0) is 9.59 Å². The van der Waals surface area contributed by atoms with E-state index in [4.69, 9.17) is 0 Å². The second-order valence-electron chi connectivity index (χ2n) is 3.40. The number of anilines is 1. The summed E-state index contributed by atoms with van der Waals surface area (Å²) < 4.78 is 0.849. The molecule has 0 aliphatic carbocycles. The van der Waals surface area contributed by atoms with Gasteiger partial charge >= 0.3 is 17.8 Å². The SMILES string of the molecule is O=C1NC(=O)N(c2ccc3ncsc3c2)C1=O. The van der Waals surface area contributed by atoms with E-state index >= 15 is 0 Å². The van der Waals surface area contributed by atoms with Gasteiger partial charge in [0.15, 0.2) is 0 Å². The fourth-order valence-corrected chi connectivity index (χ4v) is 2.33. The molecule has 1 N–H and O–H groups in total. The molecule has 4 amide bonds. The number of hydrogen-bond donors (Lipinski definition) is 1. The van der Waals surface area contributed by atoms with Crippen LogP contribution >= 0.6 is 11.3 Å². The van der Waals surface area contributed by atoms with Gasteiger partial charge in [-0.05, 0) is 18.2 Å². The maximum atomic E-state index is 11.5. The minimum absolute atomic E-state index is 0.370. The Hall–Kier alpha value is -2.28. The molecule has 0 spiro atoms. The summed E-state index contributed by atoms with van der Waals surface area (Å²) in [6, 6.07) is 4.22. The molecule has 7 heteroatoms. The van der Waals surface area contributed by atoms with Gasteiger partial charge < -0.3 is 0 Å². The molecule has 1 aliphatic rings. The van der Waals surface area contributed by atoms with Gasteiger partial charge in [0.25, 0.3) is 0 Å². The van der Waals surface area contributed by atoms with Crippen molar-refractivity contribution in [2.75, 3.05) is 4.90 Å². The molecule has 1 aliphatic heterocycles. The maximum absolute atomic E-state index is 11.5. The Bertz CT molecular complexity index is 664. The molecule has 1 fully saturated rings. The third-order valence-electron chi connectivity index (χ3n) is 2.39. The average molecular weight is 247 g/mol. The van der Waals surface area contributed by atoms with Crippen molar-refractivity contribution < 1.29 is 14.4 Å². The second kappa shape index (κ2) is 3.36. The van der Waals surface area contributed by atoms with Gasteiger partial charge in [-0.3, -0.25) is 14.9 Å². The third-order valence-corrected chi connectivity index (χ3v) is 3.19. The molecule has 17 heavy (non-hydrogen) atoms. The van der Waals surface area contributed by atoms with Crippen molar-refractivity contribution in [2.24, 2.45) is 0 Å². The first-order valence-electron chi connectivity index (χ1n) is 4.69. The second-order valence-corrected chi connectivity index (χ2v) is 4.29. The van der Waals surface area contributed by atoms with E-state index in [1.54, 1.807) is 23.7 Å². The van der Waals surface area contributed by atoms with E-state index in [1.807, 2.05) is 5.32 Å². The largest absolute Gasteiger partial charge is 0.336 e. The number of carbonyl (C=O) groups is 3. The van der Waals surface area contributed by atoms with E-state index in [9.17, 15) is 14.4 Å². The number of fused-ring (bicyclic) bond motifs is 1. The first-order chi connectivity index (χ1) is 8.16. The molecular formula is C10H5N3O3S. The number of amides is 4. The monoisotopic (exact) mass is 247 g/mol. The summed E-state index contributed by atoms with van der Waals surface area (Å²) in [6.45, 7) is 0. The Kier molecular flexibility index (Phi) is 1.96. The van der Waals surface area contributed by atoms with Crippen LogP contribution in [-0.4, -0.2) is 22.8 Å². The molecule has 0 unspecified atom stereocenters. The van der Waals surface area contributed by atoms with E-state index in [-0.39, 0.29) is 0 Å². The number of hydrogen-bond acceptors (Lipinski definition) is 5. The molecule has 0 atom stereocenters. The smallest absolute Gasteiger partial charge is 0.269 e. The summed E-state index contributed by atoms with van der Waals surface area (Å²) in [5.74, 6) is -1.77. The van der Waals surface area contributed by atoms with Crippen molar-refractivity contribution >= 4 is 45.1 Å². The maximum Gasteiger partial charge on any atom is 0.336 e. The minimum Gasteiger partial charge on any atom is -0.269 e. The molecule has 1 aromatic carbocycles. The zero-order valence-electron chi connectivity index (χ0n) is 8.34. The molecule has 0 radical (unpaired) electrons. The lowest BCUT2D eigenvalue weighted by molar-refractivity contribution is -0.134. The number of benzene rings is 1. The molecule has 1 aromatic heterocycles. The lowest BCUT2D eigenvalue weighted by Crippen LogP contribution is -2.30. The van der Waals surface area contributed by atoms with Crippen molar-refractivity contribution in [3.63, 3.8) is 0 Å². The van der Waals surface area contributed by atoms with Gasteiger partial charge in [0.1, 0.15) is 0 Å². The number of nitrogens with one attached hydrogen (secondary N) is 1. The summed E-state index contributed by atoms with van der Waals surface area (Å²) in [4.78, 5) is 38.9. The van der Waals surface area contributed by atoms with Gasteiger partial charge in [-0.15, -0.1) is 11.3 Å². The van der Waals surface area contributed by atoms with Crippen LogP contribution in [0.3, 0.4) is 0 Å². The first-order valence-corrected chi connectivity index (χ1v) is 5.57. The highest BCUT2D eigenvalue weighted by Gasteiger charge is 2.38. The number of thiazole rings is 1. The van der Waals surface area contributed by atoms with Crippen molar-refractivity contribution in [1.82, 2.24) is 10.3 Å². The van der Waals surface area contributed by atoms with Crippen LogP contribution in [0.2, 0.25) is 0 Å². The van der Waals surface area contributed by atoms with Crippen molar-refractivity contribution in [3.05, 3.63) is 23.7 Å². The number of carbonyl (C=O) groups excluding carboxylic acids is 3. The fourth-order valence-electron chi connectivity index (χ4n) is 1.62. The van der Waals surface area contributed by atoms with Gasteiger partial charge in [-0.1, -0.05) is 0 Å². The fraction of sp³-hybridized carbons (Fsp3) is 0. The molecule has 0 saturated carbocycles. The van der Waals surface area contributed by atoms with Crippen LogP contribution in [0.1, 0.15) is 0 Å². The Morgan fingerprint density at radius 2 is 2.06 bits per heavy atom. The van der Waals surface area contributed by atoms with Crippen molar-refractivity contribution in [2.45, 2.75) is 0 Å². The molecule has 6 nitrogen and oxygen atoms in total. The molecule has 2 heterocycles. The van der Waals surface area contributed by atoms with E-state index in [2.05, 4.69) is 4.98 Å². The zero-order valence-corrected chi connectivity index (χ0v) is 9.15. The zero-order chi connectivity index (χ0) is 12.0. The predicted octanol–water partition coefficient (Wildman–Crippen LogP) is 0.879. The quantitative estimate of drug-likeness (QED) is 0.599. The summed E-state index contributed by atoms with van der Waals surface area (Å²) in [6.07, 6.45) is 0. The van der Waals surface area contributed by atoms with Crippen LogP contribution in [0, 0.1) is 0 Å². The highest BCUT2D eigenvalue weighted by atomic mass is 32.1. The Labute approximate surface area is 98.9 Å². The number of rotatable bonds is 1. The van der Waals surface area contributed by atoms with Crippen LogP contribution in [0.4, 0.5) is 10.5 Å². The number of urea groups is 1. The van der Waals surface area contributed by atoms with E-state index < -0.39 is 17.8 Å². The van der Waals surface area contributed by atoms with Crippen LogP contribution in [0.15, 0.2) is 23.7 Å². The Morgan fingerprint density at radius 1 is 1.24 bits per heavy atom. The molecule has 2 aromatic rings. The average Bonchev–Trinajstić information content (AvgIpc) is 2.84. The van der Waals surface area contributed by atoms with Crippen LogP contribution < -0.4 is 10.2 Å². The van der Waals surface area contributed by atoms with Crippen molar-refractivity contribution in [3.8, 4) is 0 Å². The summed E-state index contributed by atoms with van der Waals surface area (Å²) in [5.41, 5.74) is 2.83. The highest BCUT2D eigenvalue weighted by Crippen LogP contribution is 2.25. The van der Waals surface area contributed by atoms with Gasteiger partial charge in [0.05, 0.1) is 21.4 Å². The third kappa shape index (κ3) is 1.40. The minimum atomic E-state index is -0.903.